The Morgan fingerprint density at radius 1 is 1.33 bits per heavy atom. The largest absolute Gasteiger partial charge is 0.481 e. The number of nitriles is 1. The first-order valence-electron chi connectivity index (χ1n) is 8.29. The van der Waals surface area contributed by atoms with Gasteiger partial charge in [-0.2, -0.15) is 10.4 Å². The third-order valence-corrected chi connectivity index (χ3v) is 4.54. The predicted octanol–water partition coefficient (Wildman–Crippen LogP) is 2.15. The SMILES string of the molecule is N#Cc1c(N)nc2c(c1-c1ccccc1OCC(=O)O)CCc1[nH]ncc1-2. The van der Waals surface area contributed by atoms with Gasteiger partial charge in [-0.25, -0.2) is 9.78 Å². The van der Waals surface area contributed by atoms with E-state index in [2.05, 4.69) is 21.3 Å². The molecule has 0 saturated heterocycles. The lowest BCUT2D eigenvalue weighted by Crippen LogP contribution is -2.13. The van der Waals surface area contributed by atoms with E-state index in [1.807, 2.05) is 0 Å². The molecule has 0 amide bonds. The Balaban J connectivity index is 1.97. The quantitative estimate of drug-likeness (QED) is 0.647. The number of fused-ring (bicyclic) bond motifs is 3. The predicted molar refractivity (Wildman–Crippen MR) is 96.9 cm³/mol. The summed E-state index contributed by atoms with van der Waals surface area (Å²) in [5.74, 6) is -0.583. The first-order valence-corrected chi connectivity index (χ1v) is 8.29. The van der Waals surface area contributed by atoms with Crippen LogP contribution in [-0.4, -0.2) is 32.9 Å². The van der Waals surface area contributed by atoms with Crippen LogP contribution in [0.25, 0.3) is 22.4 Å². The number of anilines is 1. The number of hydrogen-bond donors (Lipinski definition) is 3. The fourth-order valence-corrected chi connectivity index (χ4v) is 3.41. The summed E-state index contributed by atoms with van der Waals surface area (Å²) >= 11 is 0. The molecular formula is C19H15N5O3. The van der Waals surface area contributed by atoms with Gasteiger partial charge >= 0.3 is 5.97 Å². The number of pyridine rings is 1. The highest BCUT2D eigenvalue weighted by atomic mass is 16.5. The van der Waals surface area contributed by atoms with Gasteiger partial charge in [0.15, 0.2) is 6.61 Å². The average Bonchev–Trinajstić information content (AvgIpc) is 3.15. The number of nitrogens with two attached hydrogens (primary N) is 1. The number of para-hydroxylation sites is 1. The molecule has 4 rings (SSSR count). The number of aliphatic carboxylic acids is 1. The number of carbonyl (C=O) groups is 1. The molecule has 0 spiro atoms. The lowest BCUT2D eigenvalue weighted by molar-refractivity contribution is -0.139. The Bertz CT molecular complexity index is 1100. The second-order valence-corrected chi connectivity index (χ2v) is 6.13. The average molecular weight is 361 g/mol. The van der Waals surface area contributed by atoms with Gasteiger partial charge in [0.2, 0.25) is 0 Å². The first-order chi connectivity index (χ1) is 13.1. The zero-order valence-corrected chi connectivity index (χ0v) is 14.2. The highest BCUT2D eigenvalue weighted by Gasteiger charge is 2.27. The number of H-pyrrole nitrogens is 1. The number of aromatic nitrogens is 3. The smallest absolute Gasteiger partial charge is 0.341 e. The van der Waals surface area contributed by atoms with Crippen molar-refractivity contribution in [3.63, 3.8) is 0 Å². The number of nitrogens with one attached hydrogen (secondary N) is 1. The van der Waals surface area contributed by atoms with E-state index in [9.17, 15) is 10.1 Å². The number of nitrogens with zero attached hydrogens (tertiary/aromatic N) is 3. The topological polar surface area (TPSA) is 138 Å². The molecule has 0 radical (unpaired) electrons. The fraction of sp³-hybridized carbons (Fsp3) is 0.158. The van der Waals surface area contributed by atoms with Crippen LogP contribution in [0.3, 0.4) is 0 Å². The molecule has 27 heavy (non-hydrogen) atoms. The Labute approximate surface area is 154 Å². The second kappa shape index (κ2) is 6.46. The first kappa shape index (κ1) is 16.6. The van der Waals surface area contributed by atoms with Crippen LogP contribution in [-0.2, 0) is 17.6 Å². The zero-order chi connectivity index (χ0) is 19.0. The number of hydrogen-bond acceptors (Lipinski definition) is 6. The summed E-state index contributed by atoms with van der Waals surface area (Å²) < 4.78 is 5.45. The van der Waals surface area contributed by atoms with Crippen molar-refractivity contribution < 1.29 is 14.6 Å². The summed E-state index contributed by atoms with van der Waals surface area (Å²) in [5.41, 5.74) is 11.0. The van der Waals surface area contributed by atoms with Crippen molar-refractivity contribution in [1.29, 1.82) is 5.26 Å². The van der Waals surface area contributed by atoms with Gasteiger partial charge < -0.3 is 15.6 Å². The van der Waals surface area contributed by atoms with Gasteiger partial charge in [0.25, 0.3) is 0 Å². The lowest BCUT2D eigenvalue weighted by Gasteiger charge is -2.22. The second-order valence-electron chi connectivity index (χ2n) is 6.13. The van der Waals surface area contributed by atoms with Crippen molar-refractivity contribution in [2.45, 2.75) is 12.8 Å². The Hall–Kier alpha value is -3.86. The molecule has 8 nitrogen and oxygen atoms in total. The maximum atomic E-state index is 10.9. The van der Waals surface area contributed by atoms with Crippen LogP contribution in [0.4, 0.5) is 5.82 Å². The van der Waals surface area contributed by atoms with Crippen LogP contribution in [0, 0.1) is 11.3 Å². The summed E-state index contributed by atoms with van der Waals surface area (Å²) in [5, 5.41) is 25.7. The number of benzene rings is 1. The minimum absolute atomic E-state index is 0.119. The summed E-state index contributed by atoms with van der Waals surface area (Å²) in [6.07, 6.45) is 3.07. The van der Waals surface area contributed by atoms with E-state index < -0.39 is 12.6 Å². The number of ether oxygens (including phenoxy) is 1. The van der Waals surface area contributed by atoms with Crippen molar-refractivity contribution in [3.8, 4) is 34.2 Å². The van der Waals surface area contributed by atoms with Crippen molar-refractivity contribution in [2.24, 2.45) is 0 Å². The molecule has 0 fully saturated rings. The van der Waals surface area contributed by atoms with E-state index in [0.717, 1.165) is 23.2 Å². The van der Waals surface area contributed by atoms with E-state index >= 15 is 0 Å². The third kappa shape index (κ3) is 2.75. The minimum atomic E-state index is -1.08. The van der Waals surface area contributed by atoms with Crippen LogP contribution in [0.5, 0.6) is 5.75 Å². The van der Waals surface area contributed by atoms with Crippen LogP contribution in [0.2, 0.25) is 0 Å². The van der Waals surface area contributed by atoms with Crippen molar-refractivity contribution >= 4 is 11.8 Å². The molecular weight excluding hydrogens is 346 g/mol. The lowest BCUT2D eigenvalue weighted by atomic mass is 9.85. The van der Waals surface area contributed by atoms with Crippen LogP contribution < -0.4 is 10.5 Å². The van der Waals surface area contributed by atoms with Gasteiger partial charge in [0, 0.05) is 22.4 Å². The molecule has 0 saturated carbocycles. The van der Waals surface area contributed by atoms with E-state index in [-0.39, 0.29) is 11.4 Å². The standard InChI is InChI=1S/C19H15N5O3/c20-7-12-17(10-3-1-2-4-15(10)27-9-16(25)26)11-5-6-14-13(8-22-24-14)18(11)23-19(12)21/h1-4,8H,5-6,9H2,(H2,21,23)(H,22,24)(H,25,26). The van der Waals surface area contributed by atoms with Gasteiger partial charge in [-0.3, -0.25) is 5.10 Å². The maximum Gasteiger partial charge on any atom is 0.341 e. The van der Waals surface area contributed by atoms with E-state index in [0.29, 0.717) is 29.0 Å². The summed E-state index contributed by atoms with van der Waals surface area (Å²) in [7, 11) is 0. The molecule has 2 aromatic heterocycles. The number of aryl methyl sites for hydroxylation is 1. The number of nitrogen functional groups attached to an aromatic ring is 1. The molecule has 4 N–H and O–H groups in total. The van der Waals surface area contributed by atoms with Gasteiger partial charge in [0.05, 0.1) is 11.9 Å². The molecule has 1 aliphatic rings. The Morgan fingerprint density at radius 3 is 2.93 bits per heavy atom. The highest BCUT2D eigenvalue weighted by molar-refractivity contribution is 5.88. The zero-order valence-electron chi connectivity index (χ0n) is 14.2. The molecule has 134 valence electrons. The highest BCUT2D eigenvalue weighted by Crippen LogP contribution is 2.43. The fourth-order valence-electron chi connectivity index (χ4n) is 3.41. The van der Waals surface area contributed by atoms with E-state index in [1.165, 1.54) is 0 Å². The molecule has 0 aliphatic heterocycles. The van der Waals surface area contributed by atoms with Crippen LogP contribution in [0.1, 0.15) is 16.8 Å². The third-order valence-electron chi connectivity index (χ3n) is 4.54. The monoisotopic (exact) mass is 361 g/mol. The normalized spacial score (nSPS) is 12.0. The molecule has 2 heterocycles. The molecule has 8 heteroatoms. The van der Waals surface area contributed by atoms with Gasteiger partial charge in [0.1, 0.15) is 23.2 Å². The van der Waals surface area contributed by atoms with Gasteiger partial charge in [-0.15, -0.1) is 0 Å². The number of aromatic amines is 1. The van der Waals surface area contributed by atoms with Gasteiger partial charge in [-0.05, 0) is 24.5 Å². The summed E-state index contributed by atoms with van der Waals surface area (Å²) in [4.78, 5) is 15.4. The number of carboxylic acids is 1. The molecule has 0 atom stereocenters. The van der Waals surface area contributed by atoms with Crippen molar-refractivity contribution in [1.82, 2.24) is 15.2 Å². The van der Waals surface area contributed by atoms with Crippen molar-refractivity contribution in [3.05, 3.63) is 47.3 Å². The molecule has 0 bridgehead atoms. The molecule has 1 aliphatic carbocycles. The maximum absolute atomic E-state index is 10.9. The summed E-state index contributed by atoms with van der Waals surface area (Å²) in [6.45, 7) is -0.479. The molecule has 3 aromatic rings. The van der Waals surface area contributed by atoms with E-state index in [1.54, 1.807) is 30.5 Å². The molecule has 1 aromatic carbocycles. The van der Waals surface area contributed by atoms with Crippen molar-refractivity contribution in [2.75, 3.05) is 12.3 Å². The van der Waals surface area contributed by atoms with Crippen LogP contribution >= 0.6 is 0 Å². The van der Waals surface area contributed by atoms with Crippen LogP contribution in [0.15, 0.2) is 30.5 Å². The summed E-state index contributed by atoms with van der Waals surface area (Å²) in [6, 6.07) is 9.16. The Morgan fingerprint density at radius 2 is 2.15 bits per heavy atom. The van der Waals surface area contributed by atoms with Gasteiger partial charge in [-0.1, -0.05) is 18.2 Å². The number of carboxylic acid groups (broad SMARTS) is 1. The minimum Gasteiger partial charge on any atom is -0.481 e. The van der Waals surface area contributed by atoms with E-state index in [4.69, 9.17) is 15.6 Å². The number of rotatable bonds is 4. The Kier molecular flexibility index (Phi) is 3.97. The molecule has 0 unspecified atom stereocenters.